The smallest absolute Gasteiger partial charge is 0.261 e. The number of fused-ring (bicyclic) bond motifs is 1. The number of nitrogens with zero attached hydrogens (tertiary/aromatic N) is 2. The SMILES string of the molecule is COc1ccc(NC(=O)c2cc3c(CO)cnc(C)c3oc2=Nc2ccc(C)c(C)c2)c(OC)c1. The van der Waals surface area contributed by atoms with E-state index in [1.165, 1.54) is 7.11 Å². The summed E-state index contributed by atoms with van der Waals surface area (Å²) >= 11 is 0. The third kappa shape index (κ3) is 4.88. The Morgan fingerprint density at radius 1 is 1.06 bits per heavy atom. The average molecular weight is 474 g/mol. The van der Waals surface area contributed by atoms with Gasteiger partial charge >= 0.3 is 0 Å². The predicted octanol–water partition coefficient (Wildman–Crippen LogP) is 4.75. The number of carbonyl (C=O) groups excluding carboxylic acids is 1. The highest BCUT2D eigenvalue weighted by molar-refractivity contribution is 6.06. The zero-order valence-corrected chi connectivity index (χ0v) is 20.3. The van der Waals surface area contributed by atoms with Crippen LogP contribution in [0.4, 0.5) is 11.4 Å². The maximum Gasteiger partial charge on any atom is 0.261 e. The molecular formula is C27H27N3O5. The number of nitrogens with one attached hydrogen (secondary N) is 1. The first-order chi connectivity index (χ1) is 16.8. The van der Waals surface area contributed by atoms with E-state index < -0.39 is 5.91 Å². The van der Waals surface area contributed by atoms with Crippen LogP contribution in [-0.2, 0) is 6.61 Å². The topological polar surface area (TPSA) is 106 Å². The molecule has 0 saturated heterocycles. The standard InChI is InChI=1S/C27H27N3O5/c1-15-6-7-19(10-16(15)2)29-27-22(12-21-18(14-31)13-28-17(3)25(21)35-27)26(32)30-23-9-8-20(33-4)11-24(23)34-5/h6-13,31H,14H2,1-5H3,(H,30,32). The maximum absolute atomic E-state index is 13.5. The second-order valence-electron chi connectivity index (χ2n) is 8.14. The molecule has 2 aromatic heterocycles. The number of hydrogen-bond acceptors (Lipinski definition) is 7. The number of anilines is 1. The molecule has 8 heteroatoms. The predicted molar refractivity (Wildman–Crippen MR) is 133 cm³/mol. The fourth-order valence-corrected chi connectivity index (χ4v) is 3.66. The van der Waals surface area contributed by atoms with E-state index in [1.807, 2.05) is 32.0 Å². The van der Waals surface area contributed by atoms with Crippen molar-refractivity contribution in [1.82, 2.24) is 4.98 Å². The number of amides is 1. The quantitative estimate of drug-likeness (QED) is 0.419. The lowest BCUT2D eigenvalue weighted by Crippen LogP contribution is -2.22. The van der Waals surface area contributed by atoms with Crippen molar-refractivity contribution in [3.8, 4) is 11.5 Å². The third-order valence-electron chi connectivity index (χ3n) is 5.84. The molecule has 0 atom stereocenters. The molecule has 0 fully saturated rings. The van der Waals surface area contributed by atoms with Crippen LogP contribution in [0.1, 0.15) is 32.7 Å². The van der Waals surface area contributed by atoms with Gasteiger partial charge in [-0.25, -0.2) is 4.99 Å². The first-order valence-electron chi connectivity index (χ1n) is 11.0. The molecule has 0 spiro atoms. The molecule has 0 unspecified atom stereocenters. The Morgan fingerprint density at radius 3 is 2.54 bits per heavy atom. The van der Waals surface area contributed by atoms with Gasteiger partial charge in [-0.3, -0.25) is 9.78 Å². The number of pyridine rings is 1. The van der Waals surface area contributed by atoms with Gasteiger partial charge in [-0.05, 0) is 62.2 Å². The molecule has 2 N–H and O–H groups in total. The van der Waals surface area contributed by atoms with Crippen LogP contribution in [0.25, 0.3) is 11.0 Å². The number of aryl methyl sites for hydroxylation is 3. The summed E-state index contributed by atoms with van der Waals surface area (Å²) < 4.78 is 16.8. The number of hydrogen-bond donors (Lipinski definition) is 2. The van der Waals surface area contributed by atoms with Crippen molar-refractivity contribution in [1.29, 1.82) is 0 Å². The highest BCUT2D eigenvalue weighted by Crippen LogP contribution is 2.30. The lowest BCUT2D eigenvalue weighted by Gasteiger charge is -2.13. The number of ether oxygens (including phenoxy) is 2. The van der Waals surface area contributed by atoms with Crippen LogP contribution >= 0.6 is 0 Å². The monoisotopic (exact) mass is 473 g/mol. The molecule has 180 valence electrons. The van der Waals surface area contributed by atoms with Gasteiger partial charge in [0.2, 0.25) is 5.55 Å². The highest BCUT2D eigenvalue weighted by Gasteiger charge is 2.18. The van der Waals surface area contributed by atoms with Crippen molar-refractivity contribution in [2.75, 3.05) is 19.5 Å². The van der Waals surface area contributed by atoms with Crippen LogP contribution in [0.5, 0.6) is 11.5 Å². The summed E-state index contributed by atoms with van der Waals surface area (Å²) in [6, 6.07) is 12.5. The minimum absolute atomic E-state index is 0.130. The molecule has 0 bridgehead atoms. The number of aromatic nitrogens is 1. The largest absolute Gasteiger partial charge is 0.497 e. The molecule has 2 heterocycles. The second kappa shape index (κ2) is 9.99. The zero-order valence-electron chi connectivity index (χ0n) is 20.3. The Labute approximate surface area is 202 Å². The fourth-order valence-electron chi connectivity index (χ4n) is 3.66. The maximum atomic E-state index is 13.5. The van der Waals surface area contributed by atoms with Crippen LogP contribution in [0.15, 0.2) is 58.1 Å². The highest BCUT2D eigenvalue weighted by atomic mass is 16.5. The second-order valence-corrected chi connectivity index (χ2v) is 8.14. The minimum atomic E-state index is -0.444. The van der Waals surface area contributed by atoms with Crippen LogP contribution in [0.2, 0.25) is 0 Å². The molecule has 1 amide bonds. The molecule has 2 aromatic carbocycles. The van der Waals surface area contributed by atoms with E-state index in [0.29, 0.717) is 45.1 Å². The van der Waals surface area contributed by atoms with Crippen LogP contribution < -0.4 is 20.3 Å². The van der Waals surface area contributed by atoms with Gasteiger partial charge in [0, 0.05) is 23.2 Å². The zero-order chi connectivity index (χ0) is 25.1. The molecule has 0 aliphatic carbocycles. The average Bonchev–Trinajstić information content (AvgIpc) is 2.86. The van der Waals surface area contributed by atoms with E-state index in [1.54, 1.807) is 44.5 Å². The summed E-state index contributed by atoms with van der Waals surface area (Å²) in [6.45, 7) is 5.57. The summed E-state index contributed by atoms with van der Waals surface area (Å²) in [5, 5.41) is 13.3. The lowest BCUT2D eigenvalue weighted by molar-refractivity contribution is 0.102. The Kier molecular flexibility index (Phi) is 6.84. The van der Waals surface area contributed by atoms with E-state index in [9.17, 15) is 9.90 Å². The molecular weight excluding hydrogens is 446 g/mol. The van der Waals surface area contributed by atoms with E-state index in [0.717, 1.165) is 11.1 Å². The Bertz CT molecular complexity index is 1490. The summed E-state index contributed by atoms with van der Waals surface area (Å²) in [5.74, 6) is 0.598. The van der Waals surface area contributed by atoms with Gasteiger partial charge in [0.05, 0.1) is 37.9 Å². The number of aliphatic hydroxyl groups is 1. The van der Waals surface area contributed by atoms with E-state index in [2.05, 4.69) is 15.3 Å². The van der Waals surface area contributed by atoms with Crippen molar-refractivity contribution in [2.24, 2.45) is 4.99 Å². The van der Waals surface area contributed by atoms with Crippen molar-refractivity contribution in [2.45, 2.75) is 27.4 Å². The van der Waals surface area contributed by atoms with Crippen LogP contribution in [0, 0.1) is 20.8 Å². The van der Waals surface area contributed by atoms with E-state index in [-0.39, 0.29) is 17.7 Å². The minimum Gasteiger partial charge on any atom is -0.497 e. The van der Waals surface area contributed by atoms with Crippen LogP contribution in [0.3, 0.4) is 0 Å². The molecule has 0 radical (unpaired) electrons. The van der Waals surface area contributed by atoms with Gasteiger partial charge < -0.3 is 24.3 Å². The van der Waals surface area contributed by atoms with Crippen LogP contribution in [-0.4, -0.2) is 30.2 Å². The van der Waals surface area contributed by atoms with Gasteiger partial charge in [0.1, 0.15) is 17.1 Å². The molecule has 0 aliphatic rings. The van der Waals surface area contributed by atoms with Gasteiger partial charge in [0.15, 0.2) is 5.58 Å². The van der Waals surface area contributed by atoms with E-state index in [4.69, 9.17) is 13.9 Å². The summed E-state index contributed by atoms with van der Waals surface area (Å²) in [6.07, 6.45) is 1.57. The van der Waals surface area contributed by atoms with Gasteiger partial charge in [-0.15, -0.1) is 0 Å². The van der Waals surface area contributed by atoms with Crippen molar-refractivity contribution in [3.63, 3.8) is 0 Å². The number of rotatable bonds is 6. The Hall–Kier alpha value is -4.17. The number of methoxy groups -OCH3 is 2. The van der Waals surface area contributed by atoms with Gasteiger partial charge in [-0.1, -0.05) is 6.07 Å². The Balaban J connectivity index is 1.91. The first-order valence-corrected chi connectivity index (χ1v) is 11.0. The fraction of sp³-hybridized carbons (Fsp3) is 0.222. The summed E-state index contributed by atoms with van der Waals surface area (Å²) in [4.78, 5) is 22.5. The van der Waals surface area contributed by atoms with Crippen molar-refractivity contribution in [3.05, 3.63) is 82.2 Å². The number of benzene rings is 2. The van der Waals surface area contributed by atoms with Gasteiger partial charge in [0.25, 0.3) is 5.91 Å². The normalized spacial score (nSPS) is 11.5. The molecule has 0 aliphatic heterocycles. The lowest BCUT2D eigenvalue weighted by atomic mass is 10.1. The molecule has 35 heavy (non-hydrogen) atoms. The summed E-state index contributed by atoms with van der Waals surface area (Å²) in [5.41, 5.74) is 5.27. The molecule has 4 rings (SSSR count). The molecule has 4 aromatic rings. The Morgan fingerprint density at radius 2 is 1.86 bits per heavy atom. The van der Waals surface area contributed by atoms with Crippen molar-refractivity contribution < 1.29 is 23.8 Å². The van der Waals surface area contributed by atoms with E-state index >= 15 is 0 Å². The molecule has 0 saturated carbocycles. The number of carbonyl (C=O) groups is 1. The third-order valence-corrected chi connectivity index (χ3v) is 5.84. The van der Waals surface area contributed by atoms with Gasteiger partial charge in [-0.2, -0.15) is 0 Å². The van der Waals surface area contributed by atoms with Crippen molar-refractivity contribution >= 4 is 28.3 Å². The first kappa shape index (κ1) is 24.0. The molecule has 8 nitrogen and oxygen atoms in total. The number of aliphatic hydroxyl groups excluding tert-OH is 1. The summed E-state index contributed by atoms with van der Waals surface area (Å²) in [7, 11) is 3.07.